The van der Waals surface area contributed by atoms with Crippen molar-refractivity contribution in [3.63, 3.8) is 0 Å². The van der Waals surface area contributed by atoms with Gasteiger partial charge in [0.05, 0.1) is 17.9 Å². The van der Waals surface area contributed by atoms with E-state index in [0.717, 1.165) is 0 Å². The van der Waals surface area contributed by atoms with E-state index in [1.807, 2.05) is 0 Å². The standard InChI is InChI=1S/3C14H10O3.Ce/c3*15-13(10-6-2-1-3-7-10)11-8-4-5-9-12(11)14(16)17;/h3*1-9H,(H,16,17);/q;;;+3/p-3. The Morgan fingerprint density at radius 1 is 0.269 bits per heavy atom. The maximum absolute atomic E-state index is 12.1. The molecule has 1 radical (unpaired) electrons. The number of ketones is 3. The van der Waals surface area contributed by atoms with E-state index in [4.69, 9.17) is 0 Å². The van der Waals surface area contributed by atoms with Gasteiger partial charge in [-0.2, -0.15) is 0 Å². The van der Waals surface area contributed by atoms with Gasteiger partial charge in [0.15, 0.2) is 17.3 Å². The number of carbonyl (C=O) groups is 6. The molecule has 0 fully saturated rings. The van der Waals surface area contributed by atoms with Crippen LogP contribution < -0.4 is 15.3 Å². The van der Waals surface area contributed by atoms with Crippen LogP contribution in [0.5, 0.6) is 0 Å². The second-order valence-electron chi connectivity index (χ2n) is 10.6. The molecule has 0 aliphatic carbocycles. The molecule has 0 amide bonds. The van der Waals surface area contributed by atoms with Gasteiger partial charge in [0.2, 0.25) is 0 Å². The average Bonchev–Trinajstić information content (AvgIpc) is 3.18. The van der Waals surface area contributed by atoms with Gasteiger partial charge in [0, 0.05) is 50.1 Å². The van der Waals surface area contributed by atoms with Crippen LogP contribution in [0.2, 0.25) is 0 Å². The molecule has 9 nitrogen and oxygen atoms in total. The third kappa shape index (κ3) is 10.8. The van der Waals surface area contributed by atoms with Crippen LogP contribution in [-0.4, -0.2) is 35.3 Å². The molecule has 0 N–H and O–H groups in total. The summed E-state index contributed by atoms with van der Waals surface area (Å²) in [6, 6.07) is 43.8. The SMILES string of the molecule is O=C([O-])c1ccccc1C(=O)c1ccccc1.O=C([O-])c1ccccc1C(=O)c1ccccc1.O=C([O-])c1ccccc1C(=O)c1ccccc1.[Ce+3]. The van der Waals surface area contributed by atoms with E-state index in [1.54, 1.807) is 127 Å². The Hall–Kier alpha value is -5.88. The molecular formula is C42H27CeO9. The second-order valence-corrected chi connectivity index (χ2v) is 10.6. The number of aromatic carboxylic acids is 3. The molecule has 10 heteroatoms. The molecule has 0 spiro atoms. The van der Waals surface area contributed by atoms with E-state index < -0.39 is 17.9 Å². The monoisotopic (exact) mass is 815 g/mol. The summed E-state index contributed by atoms with van der Waals surface area (Å²) < 4.78 is 0. The summed E-state index contributed by atoms with van der Waals surface area (Å²) in [5.74, 6) is -4.97. The fraction of sp³-hybridized carbons (Fsp3) is 0. The first-order chi connectivity index (χ1) is 24.6. The molecule has 0 aliphatic rings. The zero-order chi connectivity index (χ0) is 36.8. The van der Waals surface area contributed by atoms with Crippen molar-refractivity contribution in [1.82, 2.24) is 0 Å². The number of hydrogen-bond acceptors (Lipinski definition) is 9. The van der Waals surface area contributed by atoms with Crippen molar-refractivity contribution in [1.29, 1.82) is 0 Å². The summed E-state index contributed by atoms with van der Waals surface area (Å²) >= 11 is 0. The summed E-state index contributed by atoms with van der Waals surface area (Å²) in [5.41, 5.74) is 1.59. The predicted molar refractivity (Wildman–Crippen MR) is 182 cm³/mol. The van der Waals surface area contributed by atoms with Gasteiger partial charge in [-0.15, -0.1) is 0 Å². The number of rotatable bonds is 9. The summed E-state index contributed by atoms with van der Waals surface area (Å²) in [6.07, 6.45) is 0. The van der Waals surface area contributed by atoms with Crippen LogP contribution in [0.15, 0.2) is 164 Å². The van der Waals surface area contributed by atoms with Crippen LogP contribution in [0.25, 0.3) is 0 Å². The van der Waals surface area contributed by atoms with Crippen molar-refractivity contribution in [2.45, 2.75) is 0 Å². The first-order valence-corrected chi connectivity index (χ1v) is 15.3. The van der Waals surface area contributed by atoms with E-state index in [-0.39, 0.29) is 92.5 Å². The van der Waals surface area contributed by atoms with Gasteiger partial charge in [-0.05, 0) is 0 Å². The van der Waals surface area contributed by atoms with Crippen molar-refractivity contribution in [2.24, 2.45) is 0 Å². The minimum atomic E-state index is -1.34. The fourth-order valence-corrected chi connectivity index (χ4v) is 4.81. The normalized spacial score (nSPS) is 9.69. The van der Waals surface area contributed by atoms with Gasteiger partial charge >= 0.3 is 41.7 Å². The minimum Gasteiger partial charge on any atom is -0.545 e. The van der Waals surface area contributed by atoms with Gasteiger partial charge in [-0.1, -0.05) is 164 Å². The zero-order valence-electron chi connectivity index (χ0n) is 27.3. The van der Waals surface area contributed by atoms with Crippen molar-refractivity contribution in [3.8, 4) is 0 Å². The van der Waals surface area contributed by atoms with Crippen LogP contribution >= 0.6 is 0 Å². The molecule has 0 unspecified atom stereocenters. The molecule has 0 saturated carbocycles. The molecule has 0 saturated heterocycles. The van der Waals surface area contributed by atoms with E-state index in [0.29, 0.717) is 16.7 Å². The van der Waals surface area contributed by atoms with E-state index >= 15 is 0 Å². The van der Waals surface area contributed by atoms with Crippen LogP contribution in [0.1, 0.15) is 78.8 Å². The van der Waals surface area contributed by atoms with Gasteiger partial charge in [-0.25, -0.2) is 0 Å². The number of benzene rings is 6. The van der Waals surface area contributed by atoms with Crippen molar-refractivity contribution < 1.29 is 85.8 Å². The Morgan fingerprint density at radius 2 is 0.442 bits per heavy atom. The third-order valence-electron chi connectivity index (χ3n) is 7.28. The number of carboxylic acid groups (broad SMARTS) is 3. The summed E-state index contributed by atoms with van der Waals surface area (Å²) in [4.78, 5) is 68.9. The smallest absolute Gasteiger partial charge is 0.545 e. The molecule has 0 bridgehead atoms. The van der Waals surface area contributed by atoms with Crippen molar-refractivity contribution >= 4 is 35.3 Å². The molecule has 52 heavy (non-hydrogen) atoms. The minimum absolute atomic E-state index is 0. The fourth-order valence-electron chi connectivity index (χ4n) is 4.81. The molecular weight excluding hydrogens is 789 g/mol. The van der Waals surface area contributed by atoms with Gasteiger partial charge in [0.1, 0.15) is 0 Å². The van der Waals surface area contributed by atoms with E-state index in [9.17, 15) is 44.1 Å². The topological polar surface area (TPSA) is 172 Å². The van der Waals surface area contributed by atoms with E-state index in [2.05, 4.69) is 0 Å². The first kappa shape index (κ1) is 40.5. The second kappa shape index (κ2) is 20.1. The number of hydrogen-bond donors (Lipinski definition) is 0. The van der Waals surface area contributed by atoms with Crippen LogP contribution in [0, 0.1) is 41.7 Å². The van der Waals surface area contributed by atoms with E-state index in [1.165, 1.54) is 36.4 Å². The summed E-state index contributed by atoms with van der Waals surface area (Å²) in [6.45, 7) is 0. The number of carbonyl (C=O) groups excluding carboxylic acids is 6. The molecule has 6 rings (SSSR count). The molecule has 0 heterocycles. The van der Waals surface area contributed by atoms with Crippen molar-refractivity contribution in [2.75, 3.05) is 0 Å². The van der Waals surface area contributed by atoms with Gasteiger partial charge in [0.25, 0.3) is 0 Å². The van der Waals surface area contributed by atoms with Gasteiger partial charge in [-0.3, -0.25) is 14.4 Å². The van der Waals surface area contributed by atoms with Crippen molar-refractivity contribution in [3.05, 3.63) is 214 Å². The Morgan fingerprint density at radius 3 is 0.635 bits per heavy atom. The molecule has 0 atom stereocenters. The molecule has 253 valence electrons. The van der Waals surface area contributed by atoms with Crippen LogP contribution in [0.4, 0.5) is 0 Å². The molecule has 0 aliphatic heterocycles. The van der Waals surface area contributed by atoms with Crippen LogP contribution in [0.3, 0.4) is 0 Å². The first-order valence-electron chi connectivity index (χ1n) is 15.3. The Bertz CT molecular complexity index is 1930. The average molecular weight is 816 g/mol. The van der Waals surface area contributed by atoms with Crippen LogP contribution in [-0.2, 0) is 0 Å². The maximum Gasteiger partial charge on any atom is 3.00 e. The number of carboxylic acids is 3. The Labute approximate surface area is 332 Å². The zero-order valence-corrected chi connectivity index (χ0v) is 30.4. The Kier molecular flexibility index (Phi) is 15.7. The molecule has 0 aromatic heterocycles. The van der Waals surface area contributed by atoms with Gasteiger partial charge < -0.3 is 29.7 Å². The largest absolute Gasteiger partial charge is 3.00 e. The molecule has 6 aromatic rings. The summed E-state index contributed by atoms with van der Waals surface area (Å²) in [5, 5.41) is 32.7. The third-order valence-corrected chi connectivity index (χ3v) is 7.28. The summed E-state index contributed by atoms with van der Waals surface area (Å²) in [7, 11) is 0. The predicted octanol–water partition coefficient (Wildman–Crippen LogP) is 3.84. The quantitative estimate of drug-likeness (QED) is 0.197. The molecule has 6 aromatic carbocycles. The Balaban J connectivity index is 0.000000208. The maximum atomic E-state index is 12.1.